The molecule has 2 nitrogen and oxygen atoms in total. The van der Waals surface area contributed by atoms with Gasteiger partial charge in [0, 0.05) is 26.5 Å². The van der Waals surface area contributed by atoms with E-state index in [0.717, 1.165) is 6.42 Å². The molecular formula is C7H14N2. The van der Waals surface area contributed by atoms with E-state index < -0.39 is 0 Å². The van der Waals surface area contributed by atoms with Gasteiger partial charge in [0.25, 0.3) is 0 Å². The van der Waals surface area contributed by atoms with Crippen molar-refractivity contribution >= 4 is 6.21 Å². The Morgan fingerprint density at radius 1 is 1.67 bits per heavy atom. The molecule has 0 aromatic carbocycles. The van der Waals surface area contributed by atoms with Gasteiger partial charge in [0.1, 0.15) is 0 Å². The molecule has 2 heteroatoms. The third kappa shape index (κ3) is 3.76. The maximum absolute atomic E-state index is 3.89. The summed E-state index contributed by atoms with van der Waals surface area (Å²) >= 11 is 0. The number of hydrogen-bond acceptors (Lipinski definition) is 2. The summed E-state index contributed by atoms with van der Waals surface area (Å²) in [6.45, 7) is 2.10. The molecule has 52 valence electrons. The standard InChI is InChI=1S/C7H14N2/c1-4-7(5-8-2)6-9-3/h5-6,8H,4H2,1-3H3/b7-5+,9-6?. The second-order valence-electron chi connectivity index (χ2n) is 1.75. The van der Waals surface area contributed by atoms with Gasteiger partial charge in [-0.15, -0.1) is 0 Å². The van der Waals surface area contributed by atoms with Crippen molar-refractivity contribution in [3.63, 3.8) is 0 Å². The minimum Gasteiger partial charge on any atom is -0.394 e. The average molecular weight is 126 g/mol. The molecule has 0 unspecified atom stereocenters. The lowest BCUT2D eigenvalue weighted by Gasteiger charge is -1.93. The Bertz CT molecular complexity index is 114. The van der Waals surface area contributed by atoms with E-state index in [9.17, 15) is 0 Å². The molecule has 0 saturated carbocycles. The van der Waals surface area contributed by atoms with Crippen LogP contribution in [0.15, 0.2) is 16.8 Å². The Balaban J connectivity index is 3.81. The lowest BCUT2D eigenvalue weighted by molar-refractivity contribution is 1.05. The molecular weight excluding hydrogens is 112 g/mol. The van der Waals surface area contributed by atoms with Gasteiger partial charge in [-0.3, -0.25) is 4.99 Å². The van der Waals surface area contributed by atoms with Crippen molar-refractivity contribution in [1.82, 2.24) is 5.32 Å². The van der Waals surface area contributed by atoms with Gasteiger partial charge in [0.05, 0.1) is 0 Å². The molecule has 0 aliphatic carbocycles. The minimum atomic E-state index is 1.03. The van der Waals surface area contributed by atoms with Gasteiger partial charge in [0.2, 0.25) is 0 Å². The molecule has 1 N–H and O–H groups in total. The van der Waals surface area contributed by atoms with Crippen LogP contribution < -0.4 is 5.32 Å². The van der Waals surface area contributed by atoms with Crippen LogP contribution in [0.25, 0.3) is 0 Å². The molecule has 0 aromatic rings. The number of nitrogens with zero attached hydrogens (tertiary/aromatic N) is 1. The zero-order chi connectivity index (χ0) is 7.11. The topological polar surface area (TPSA) is 24.4 Å². The predicted molar refractivity (Wildman–Crippen MR) is 41.8 cm³/mol. The van der Waals surface area contributed by atoms with Gasteiger partial charge in [-0.1, -0.05) is 6.92 Å². The molecule has 0 aliphatic rings. The van der Waals surface area contributed by atoms with Crippen LogP contribution >= 0.6 is 0 Å². The molecule has 0 amide bonds. The predicted octanol–water partition coefficient (Wildman–Crippen LogP) is 1.20. The lowest BCUT2D eigenvalue weighted by Crippen LogP contribution is -1.96. The van der Waals surface area contributed by atoms with Crippen LogP contribution in [0.4, 0.5) is 0 Å². The van der Waals surface area contributed by atoms with Gasteiger partial charge in [-0.25, -0.2) is 0 Å². The van der Waals surface area contributed by atoms with Gasteiger partial charge >= 0.3 is 0 Å². The number of nitrogens with one attached hydrogen (secondary N) is 1. The van der Waals surface area contributed by atoms with Crippen molar-refractivity contribution in [2.45, 2.75) is 13.3 Å². The van der Waals surface area contributed by atoms with E-state index in [0.29, 0.717) is 0 Å². The first-order chi connectivity index (χ1) is 4.35. The molecule has 0 radical (unpaired) electrons. The Morgan fingerprint density at radius 2 is 2.33 bits per heavy atom. The molecule has 9 heavy (non-hydrogen) atoms. The Morgan fingerprint density at radius 3 is 2.67 bits per heavy atom. The summed E-state index contributed by atoms with van der Waals surface area (Å²) in [4.78, 5) is 3.89. The first-order valence-corrected chi connectivity index (χ1v) is 3.13. The molecule has 0 saturated heterocycles. The number of rotatable bonds is 3. The van der Waals surface area contributed by atoms with Crippen LogP contribution in [0.5, 0.6) is 0 Å². The first-order valence-electron chi connectivity index (χ1n) is 3.13. The summed E-state index contributed by atoms with van der Waals surface area (Å²) in [6, 6.07) is 0. The van der Waals surface area contributed by atoms with Crippen LogP contribution in [-0.4, -0.2) is 20.3 Å². The summed E-state index contributed by atoms with van der Waals surface area (Å²) in [5.41, 5.74) is 1.22. The zero-order valence-electron chi connectivity index (χ0n) is 6.31. The second kappa shape index (κ2) is 5.35. The number of aliphatic imine (C=N–C) groups is 1. The summed E-state index contributed by atoms with van der Waals surface area (Å²) in [6.07, 6.45) is 4.84. The van der Waals surface area contributed by atoms with E-state index >= 15 is 0 Å². The fourth-order valence-corrected chi connectivity index (χ4v) is 0.582. The highest BCUT2D eigenvalue weighted by molar-refractivity contribution is 5.77. The summed E-state index contributed by atoms with van der Waals surface area (Å²) in [5.74, 6) is 0. The quantitative estimate of drug-likeness (QED) is 0.564. The molecule has 0 bridgehead atoms. The maximum atomic E-state index is 3.89. The fraction of sp³-hybridized carbons (Fsp3) is 0.571. The average Bonchev–Trinajstić information content (AvgIpc) is 1.88. The third-order valence-corrected chi connectivity index (χ3v) is 1.03. The van der Waals surface area contributed by atoms with Crippen molar-refractivity contribution in [3.05, 3.63) is 11.8 Å². The van der Waals surface area contributed by atoms with Gasteiger partial charge in [-0.2, -0.15) is 0 Å². The van der Waals surface area contributed by atoms with Crippen molar-refractivity contribution in [2.24, 2.45) is 4.99 Å². The van der Waals surface area contributed by atoms with Gasteiger partial charge in [-0.05, 0) is 12.0 Å². The van der Waals surface area contributed by atoms with Crippen LogP contribution in [-0.2, 0) is 0 Å². The van der Waals surface area contributed by atoms with Gasteiger partial charge < -0.3 is 5.32 Å². The van der Waals surface area contributed by atoms with Crippen molar-refractivity contribution < 1.29 is 0 Å². The van der Waals surface area contributed by atoms with E-state index in [2.05, 4.69) is 17.2 Å². The zero-order valence-corrected chi connectivity index (χ0v) is 6.31. The van der Waals surface area contributed by atoms with Crippen LogP contribution in [0.2, 0.25) is 0 Å². The molecule has 0 spiro atoms. The molecule has 0 aromatic heterocycles. The molecule has 0 fully saturated rings. The Hall–Kier alpha value is -0.790. The Kier molecular flexibility index (Phi) is 4.88. The van der Waals surface area contributed by atoms with Crippen molar-refractivity contribution in [3.8, 4) is 0 Å². The van der Waals surface area contributed by atoms with E-state index in [1.54, 1.807) is 7.05 Å². The lowest BCUT2D eigenvalue weighted by atomic mass is 10.2. The molecule has 0 aliphatic heterocycles. The SMILES string of the molecule is CC/C(C=NC)=C\NC. The second-order valence-corrected chi connectivity index (χ2v) is 1.75. The monoisotopic (exact) mass is 126 g/mol. The normalized spacial score (nSPS) is 12.6. The number of allylic oxidation sites excluding steroid dienone is 1. The highest BCUT2D eigenvalue weighted by Crippen LogP contribution is 1.92. The molecule has 0 heterocycles. The Labute approximate surface area is 56.7 Å². The van der Waals surface area contributed by atoms with E-state index in [-0.39, 0.29) is 0 Å². The van der Waals surface area contributed by atoms with Crippen molar-refractivity contribution in [1.29, 1.82) is 0 Å². The fourth-order valence-electron chi connectivity index (χ4n) is 0.582. The van der Waals surface area contributed by atoms with E-state index in [1.807, 2.05) is 19.5 Å². The van der Waals surface area contributed by atoms with E-state index in [4.69, 9.17) is 0 Å². The van der Waals surface area contributed by atoms with Crippen LogP contribution in [0.1, 0.15) is 13.3 Å². The minimum absolute atomic E-state index is 1.03. The van der Waals surface area contributed by atoms with Crippen molar-refractivity contribution in [2.75, 3.05) is 14.1 Å². The number of hydrogen-bond donors (Lipinski definition) is 1. The smallest absolute Gasteiger partial charge is 0.0277 e. The largest absolute Gasteiger partial charge is 0.394 e. The first kappa shape index (κ1) is 8.21. The maximum Gasteiger partial charge on any atom is 0.0277 e. The van der Waals surface area contributed by atoms with Crippen LogP contribution in [0, 0.1) is 0 Å². The summed E-state index contributed by atoms with van der Waals surface area (Å²) in [7, 11) is 3.66. The summed E-state index contributed by atoms with van der Waals surface area (Å²) < 4.78 is 0. The molecule has 0 atom stereocenters. The van der Waals surface area contributed by atoms with Gasteiger partial charge in [0.15, 0.2) is 0 Å². The molecule has 0 rings (SSSR count). The third-order valence-electron chi connectivity index (χ3n) is 1.03. The highest BCUT2D eigenvalue weighted by Gasteiger charge is 1.83. The van der Waals surface area contributed by atoms with Crippen LogP contribution in [0.3, 0.4) is 0 Å². The highest BCUT2D eigenvalue weighted by atomic mass is 14.8. The summed E-state index contributed by atoms with van der Waals surface area (Å²) in [5, 5.41) is 2.95. The van der Waals surface area contributed by atoms with E-state index in [1.165, 1.54) is 5.57 Å².